The summed E-state index contributed by atoms with van der Waals surface area (Å²) in [6.45, 7) is 84.5. The monoisotopic (exact) mass is 1300 g/mol. The third kappa shape index (κ3) is 42.0. The van der Waals surface area contributed by atoms with E-state index in [1.807, 2.05) is 0 Å². The minimum absolute atomic E-state index is 0.427. The molecule has 0 spiro atoms. The summed E-state index contributed by atoms with van der Waals surface area (Å²) in [7, 11) is 3.97. The van der Waals surface area contributed by atoms with Gasteiger partial charge in [-0.1, -0.05) is 6.42 Å². The van der Waals surface area contributed by atoms with Gasteiger partial charge in [0.1, 0.15) is 0 Å². The van der Waals surface area contributed by atoms with Crippen LogP contribution in [0.4, 0.5) is 0 Å². The molecule has 0 aromatic carbocycles. The van der Waals surface area contributed by atoms with Gasteiger partial charge in [-0.3, -0.25) is 34.3 Å². The van der Waals surface area contributed by atoms with Crippen molar-refractivity contribution in [2.75, 3.05) is 204 Å². The zero-order chi connectivity index (χ0) is 68.4. The molecule has 0 radical (unpaired) electrons. The summed E-state index contributed by atoms with van der Waals surface area (Å²) in [4.78, 5) is 27.2. The second-order valence-electron chi connectivity index (χ2n) is 30.3. The van der Waals surface area contributed by atoms with E-state index in [2.05, 4.69) is 226 Å². The molecule has 0 bridgehead atoms. The molecule has 10 saturated heterocycles. The standard InChI is InChI=1S/C8H18N2.3C8H17NO.C8H17N.C7H16N2.2C7H15NO.C7H15N.C6H13N/c1-8(2)10-6-4-9(3)5-7-10;1-7(2)9-4-5-10-6-8(9)3;2*1-7(2)9-4-5-10-8(3)6-9;1-8(2)9-6-4-3-5-7-9;1-7(2)9-5-3-8-4-6-9;1-6(2)8-4-7(5-8)9-3;1-7(2)8-3-5-9-6-4-8;1-7(2)8-5-3-4-6-8;1-6(2)7-4-3-5-7/h8H,4-7H2,1-3H3;3*7-8H,4-6H2,1-3H3;8H,3-7H2,1-2H3;7-8H,3-6H2,1-2H3;6-7H,4-5H2,1-3H3;7H,3-6H2,1-2H3;7H,3-6H2,1-2H3;6H,3-5H2,1-2H3/t;;8-;;;;;;;/m..1......./s1. The highest BCUT2D eigenvalue weighted by Gasteiger charge is 2.28. The van der Waals surface area contributed by atoms with E-state index in [1.165, 1.54) is 117 Å². The summed E-state index contributed by atoms with van der Waals surface area (Å²) < 4.78 is 26.5. The van der Waals surface area contributed by atoms with E-state index < -0.39 is 0 Å². The molecule has 0 aromatic rings. The number of methoxy groups -OCH3 is 1. The van der Waals surface area contributed by atoms with Crippen molar-refractivity contribution in [1.29, 1.82) is 0 Å². The van der Waals surface area contributed by atoms with Gasteiger partial charge in [-0.25, -0.2) is 0 Å². The van der Waals surface area contributed by atoms with E-state index in [0.717, 1.165) is 142 Å². The molecule has 2 unspecified atom stereocenters. The van der Waals surface area contributed by atoms with Gasteiger partial charge in [-0.05, 0) is 238 Å². The van der Waals surface area contributed by atoms with Gasteiger partial charge in [-0.15, -0.1) is 0 Å². The topological polar surface area (TPSA) is 93.8 Å². The third-order valence-corrected chi connectivity index (χ3v) is 19.6. The zero-order valence-corrected chi connectivity index (χ0v) is 65.3. The minimum atomic E-state index is 0.427. The normalized spacial score (nSPS) is 25.2. The Kier molecular flexibility index (Phi) is 50.9. The number of piperidine rings is 1. The first-order valence-corrected chi connectivity index (χ1v) is 37.8. The summed E-state index contributed by atoms with van der Waals surface area (Å²) in [6.07, 6.45) is 9.88. The lowest BCUT2D eigenvalue weighted by Gasteiger charge is -2.40. The number of hydrogen-bond donors (Lipinski definition) is 1. The second kappa shape index (κ2) is 52.4. The lowest BCUT2D eigenvalue weighted by atomic mass is 10.1. The summed E-state index contributed by atoms with van der Waals surface area (Å²) in [5.41, 5.74) is 0. The van der Waals surface area contributed by atoms with Crippen LogP contribution in [-0.4, -0.2) is 343 Å². The van der Waals surface area contributed by atoms with Crippen molar-refractivity contribution in [3.05, 3.63) is 0 Å². The Balaban J connectivity index is 0.000000506. The van der Waals surface area contributed by atoms with Crippen molar-refractivity contribution in [2.24, 2.45) is 0 Å². The predicted molar refractivity (Wildman–Crippen MR) is 393 cm³/mol. The SMILES string of the molecule is CC(C)N1CCC1.CC(C)N1CCCC1.CC(C)N1CCCCC1.CC(C)N1CCN(C)CC1.CC(C)N1CCNCC1.CC(C)N1CCOCC1.CC(C)N1CCOCC1C.CC(C)N1CCO[C@H](C)C1.CC1CN(C(C)C)CCO1.COC1CN(C(C)C)C1. The van der Waals surface area contributed by atoms with Crippen molar-refractivity contribution in [2.45, 2.75) is 283 Å². The molecule has 546 valence electrons. The first kappa shape index (κ1) is 88.3. The van der Waals surface area contributed by atoms with Crippen LogP contribution in [0.25, 0.3) is 0 Å². The van der Waals surface area contributed by atoms with Crippen LogP contribution in [0.2, 0.25) is 0 Å². The van der Waals surface area contributed by atoms with Gasteiger partial charge >= 0.3 is 0 Å². The quantitative estimate of drug-likeness (QED) is 0.213. The molecule has 0 aliphatic carbocycles. The average Bonchev–Trinajstić information content (AvgIpc) is 2.38. The van der Waals surface area contributed by atoms with Gasteiger partial charge < -0.3 is 48.6 Å². The fourth-order valence-electron chi connectivity index (χ4n) is 12.4. The number of hydrogen-bond acceptors (Lipinski definition) is 17. The average molecular weight is 1300 g/mol. The summed E-state index contributed by atoms with van der Waals surface area (Å²) in [5.74, 6) is 0. The fraction of sp³-hybridized carbons (Fsp3) is 1.00. The maximum atomic E-state index is 5.42. The van der Waals surface area contributed by atoms with Crippen molar-refractivity contribution < 1.29 is 23.7 Å². The van der Waals surface area contributed by atoms with Crippen LogP contribution in [0.3, 0.4) is 0 Å². The number of nitrogens with zero attached hydrogens (tertiary/aromatic N) is 11. The Morgan fingerprint density at radius 2 is 0.648 bits per heavy atom. The molecule has 10 aliphatic heterocycles. The molecule has 10 fully saturated rings. The number of morpholine rings is 4. The Labute approximate surface area is 567 Å². The first-order valence-electron chi connectivity index (χ1n) is 37.8. The third-order valence-electron chi connectivity index (χ3n) is 19.6. The van der Waals surface area contributed by atoms with Gasteiger partial charge in [0.15, 0.2) is 0 Å². The van der Waals surface area contributed by atoms with Gasteiger partial charge in [-0.2, -0.15) is 0 Å². The van der Waals surface area contributed by atoms with E-state index in [4.69, 9.17) is 23.7 Å². The highest BCUT2D eigenvalue weighted by molar-refractivity contribution is 4.82. The minimum Gasteiger partial charge on any atom is -0.379 e. The molecule has 1 N–H and O–H groups in total. The van der Waals surface area contributed by atoms with Crippen LogP contribution in [-0.2, 0) is 23.7 Å². The molecule has 3 atom stereocenters. The molecular formula is C74H160N12O5. The number of rotatable bonds is 11. The molecule has 10 rings (SSSR count). The maximum Gasteiger partial charge on any atom is 0.0825 e. The molecule has 0 aromatic heterocycles. The van der Waals surface area contributed by atoms with Crippen LogP contribution in [0, 0.1) is 0 Å². The Hall–Kier alpha value is -0.680. The lowest BCUT2D eigenvalue weighted by Crippen LogP contribution is -2.54. The number of likely N-dealkylation sites (tertiary alicyclic amines) is 4. The van der Waals surface area contributed by atoms with Crippen LogP contribution in [0.5, 0.6) is 0 Å². The summed E-state index contributed by atoms with van der Waals surface area (Å²) in [6, 6.07) is 7.79. The molecular weight excluding hydrogens is 1140 g/mol. The molecule has 10 aliphatic rings. The van der Waals surface area contributed by atoms with Crippen molar-refractivity contribution >= 4 is 0 Å². The fourth-order valence-corrected chi connectivity index (χ4v) is 12.4. The van der Waals surface area contributed by atoms with Gasteiger partial charge in [0.2, 0.25) is 0 Å². The van der Waals surface area contributed by atoms with E-state index in [0.29, 0.717) is 54.6 Å². The highest BCUT2D eigenvalue weighted by atomic mass is 16.5. The lowest BCUT2D eigenvalue weighted by molar-refractivity contribution is -0.0437. The van der Waals surface area contributed by atoms with Gasteiger partial charge in [0, 0.05) is 185 Å². The van der Waals surface area contributed by atoms with Crippen LogP contribution in [0.15, 0.2) is 0 Å². The highest BCUT2D eigenvalue weighted by Crippen LogP contribution is 2.16. The number of ether oxygens (including phenoxy) is 5. The predicted octanol–water partition coefficient (Wildman–Crippen LogP) is 10.2. The molecule has 17 heteroatoms. The Morgan fingerprint density at radius 1 is 0.319 bits per heavy atom. The molecule has 10 heterocycles. The smallest absolute Gasteiger partial charge is 0.0825 e. The zero-order valence-electron chi connectivity index (χ0n) is 65.3. The van der Waals surface area contributed by atoms with E-state index >= 15 is 0 Å². The van der Waals surface area contributed by atoms with Gasteiger partial charge in [0.25, 0.3) is 0 Å². The maximum absolute atomic E-state index is 5.42. The molecule has 0 saturated carbocycles. The van der Waals surface area contributed by atoms with Crippen LogP contribution >= 0.6 is 0 Å². The van der Waals surface area contributed by atoms with Crippen LogP contribution in [0.1, 0.15) is 198 Å². The number of piperazine rings is 2. The molecule has 17 nitrogen and oxygen atoms in total. The largest absolute Gasteiger partial charge is 0.379 e. The number of likely N-dealkylation sites (N-methyl/N-ethyl adjacent to an activating group) is 1. The van der Waals surface area contributed by atoms with Crippen LogP contribution < -0.4 is 5.32 Å². The van der Waals surface area contributed by atoms with Crippen molar-refractivity contribution in [1.82, 2.24) is 59.2 Å². The van der Waals surface area contributed by atoms with Crippen molar-refractivity contribution in [3.63, 3.8) is 0 Å². The Bertz CT molecular complexity index is 1530. The van der Waals surface area contributed by atoms with E-state index in [-0.39, 0.29) is 0 Å². The Morgan fingerprint density at radius 3 is 0.923 bits per heavy atom. The van der Waals surface area contributed by atoms with Gasteiger partial charge in [0.05, 0.1) is 58.0 Å². The van der Waals surface area contributed by atoms with Crippen molar-refractivity contribution in [3.8, 4) is 0 Å². The first-order chi connectivity index (χ1) is 43.1. The molecule has 91 heavy (non-hydrogen) atoms. The molecule has 0 amide bonds. The summed E-state index contributed by atoms with van der Waals surface area (Å²) in [5, 5.41) is 3.33. The summed E-state index contributed by atoms with van der Waals surface area (Å²) >= 11 is 0. The second-order valence-corrected chi connectivity index (χ2v) is 30.3. The number of nitrogens with one attached hydrogen (secondary N) is 1. The van der Waals surface area contributed by atoms with E-state index in [1.54, 1.807) is 7.11 Å². The van der Waals surface area contributed by atoms with E-state index in [9.17, 15) is 0 Å².